The van der Waals surface area contributed by atoms with Crippen molar-refractivity contribution in [1.29, 1.82) is 0 Å². The van der Waals surface area contributed by atoms with E-state index >= 15 is 0 Å². The molecule has 0 saturated carbocycles. The molecular weight excluding hydrogens is 584 g/mol. The van der Waals surface area contributed by atoms with Gasteiger partial charge in [-0.3, -0.25) is 0 Å². The molecule has 200 valence electrons. The van der Waals surface area contributed by atoms with Gasteiger partial charge in [0.1, 0.15) is 0 Å². The number of aromatic carboxylic acids is 3. The second kappa shape index (κ2) is 16.1. The predicted molar refractivity (Wildman–Crippen MR) is 145 cm³/mol. The summed E-state index contributed by atoms with van der Waals surface area (Å²) < 4.78 is 0.711. The summed E-state index contributed by atoms with van der Waals surface area (Å²) in [7, 11) is 0. The molecule has 1 unspecified atom stereocenters. The number of hydrogen-bond donors (Lipinski definition) is 0. The number of hydrogen-bond acceptors (Lipinski definition) is 6. The fraction of sp³-hybridized carbons (Fsp3) is 0.121. The van der Waals surface area contributed by atoms with Crippen LogP contribution >= 0.6 is 0 Å². The molecule has 0 fully saturated rings. The number of carboxylic acid groups (broad SMARTS) is 3. The summed E-state index contributed by atoms with van der Waals surface area (Å²) in [4.78, 5) is 30.6. The Bertz CT molecular complexity index is 1310. The molecule has 4 aromatic carbocycles. The van der Waals surface area contributed by atoms with E-state index in [-0.39, 0.29) is 16.7 Å². The van der Waals surface area contributed by atoms with Gasteiger partial charge in [-0.1, -0.05) is 89.5 Å². The van der Waals surface area contributed by atoms with Crippen molar-refractivity contribution in [3.8, 4) is 0 Å². The molecular formula is C33H28O6Zr. The summed E-state index contributed by atoms with van der Waals surface area (Å²) in [5.41, 5.74) is 6.73. The maximum atomic E-state index is 10.2. The summed E-state index contributed by atoms with van der Waals surface area (Å²) in [6.45, 7) is 5.71. The first-order valence-corrected chi connectivity index (χ1v) is 13.7. The second-order valence-electron chi connectivity index (χ2n) is 8.93. The summed E-state index contributed by atoms with van der Waals surface area (Å²) >= 11 is 1.59. The van der Waals surface area contributed by atoms with Crippen molar-refractivity contribution in [2.45, 2.75) is 24.4 Å². The zero-order chi connectivity index (χ0) is 29.7. The van der Waals surface area contributed by atoms with Gasteiger partial charge < -0.3 is 29.7 Å². The average Bonchev–Trinajstić information content (AvgIpc) is 3.31. The van der Waals surface area contributed by atoms with E-state index in [2.05, 4.69) is 36.4 Å². The van der Waals surface area contributed by atoms with E-state index in [1.807, 2.05) is 20.8 Å². The number of rotatable bonds is 3. The molecule has 1 atom stereocenters. The Morgan fingerprint density at radius 1 is 0.550 bits per heavy atom. The number of carboxylic acids is 3. The summed E-state index contributed by atoms with van der Waals surface area (Å²) in [5, 5.41) is 30.6. The van der Waals surface area contributed by atoms with Gasteiger partial charge in [0.2, 0.25) is 0 Å². The Labute approximate surface area is 249 Å². The number of benzene rings is 4. The first-order valence-electron chi connectivity index (χ1n) is 12.3. The van der Waals surface area contributed by atoms with Gasteiger partial charge in [-0.15, -0.1) is 0 Å². The van der Waals surface area contributed by atoms with E-state index in [0.717, 1.165) is 16.7 Å². The maximum absolute atomic E-state index is 10.2. The van der Waals surface area contributed by atoms with Gasteiger partial charge in [-0.05, 0) is 37.5 Å². The van der Waals surface area contributed by atoms with Crippen molar-refractivity contribution in [1.82, 2.24) is 0 Å². The number of carbonyl (C=O) groups excluding carboxylic acids is 3. The summed E-state index contributed by atoms with van der Waals surface area (Å²) in [5.74, 6) is -3.37. The Balaban J connectivity index is 0.000000187. The van der Waals surface area contributed by atoms with Crippen molar-refractivity contribution in [3.63, 3.8) is 0 Å². The zero-order valence-electron chi connectivity index (χ0n) is 22.4. The monoisotopic (exact) mass is 610 g/mol. The normalized spacial score (nSPS) is 12.3. The van der Waals surface area contributed by atoms with Crippen LogP contribution in [0.15, 0.2) is 103 Å². The van der Waals surface area contributed by atoms with Gasteiger partial charge in [-0.2, -0.15) is 0 Å². The van der Waals surface area contributed by atoms with Crippen LogP contribution in [0.4, 0.5) is 0 Å². The Hall–Kier alpha value is -4.09. The molecule has 0 bridgehead atoms. The molecule has 6 nitrogen and oxygen atoms in total. The number of fused-ring (bicyclic) bond motifs is 1. The molecule has 0 aromatic heterocycles. The molecule has 0 amide bonds. The van der Waals surface area contributed by atoms with E-state index in [1.54, 1.807) is 61.1 Å². The van der Waals surface area contributed by atoms with E-state index in [1.165, 1.54) is 47.5 Å². The van der Waals surface area contributed by atoms with Crippen LogP contribution in [0.25, 0.3) is 6.08 Å². The zero-order valence-corrected chi connectivity index (χ0v) is 24.9. The van der Waals surface area contributed by atoms with Crippen LogP contribution in [0.1, 0.15) is 62.5 Å². The van der Waals surface area contributed by atoms with Gasteiger partial charge >= 0.3 is 75.9 Å². The fourth-order valence-corrected chi connectivity index (χ4v) is 4.20. The number of carbonyl (C=O) groups is 3. The Kier molecular flexibility index (Phi) is 12.9. The minimum atomic E-state index is -1.12. The van der Waals surface area contributed by atoms with Crippen molar-refractivity contribution in [2.75, 3.05) is 0 Å². The molecule has 40 heavy (non-hydrogen) atoms. The van der Waals surface area contributed by atoms with Crippen molar-refractivity contribution in [2.24, 2.45) is 0 Å². The Morgan fingerprint density at radius 3 is 1.18 bits per heavy atom. The van der Waals surface area contributed by atoms with E-state index in [0.29, 0.717) is 3.63 Å². The first-order chi connectivity index (χ1) is 19.0. The van der Waals surface area contributed by atoms with Gasteiger partial charge in [0.15, 0.2) is 0 Å². The predicted octanol–water partition coefficient (Wildman–Crippen LogP) is 3.38. The van der Waals surface area contributed by atoms with Crippen molar-refractivity contribution < 1.29 is 54.4 Å². The third kappa shape index (κ3) is 11.0. The van der Waals surface area contributed by atoms with Gasteiger partial charge in [-0.25, -0.2) is 0 Å². The van der Waals surface area contributed by atoms with E-state index in [4.69, 9.17) is 0 Å². The molecule has 7 heteroatoms. The van der Waals surface area contributed by atoms with Gasteiger partial charge in [0.05, 0.1) is 17.9 Å². The topological polar surface area (TPSA) is 120 Å². The molecule has 0 radical (unpaired) electrons. The van der Waals surface area contributed by atoms with Gasteiger partial charge in [0, 0.05) is 0 Å². The van der Waals surface area contributed by atoms with Crippen LogP contribution in [0.5, 0.6) is 0 Å². The van der Waals surface area contributed by atoms with Crippen LogP contribution in [0.3, 0.4) is 0 Å². The average molecular weight is 612 g/mol. The van der Waals surface area contributed by atoms with Crippen LogP contribution < -0.4 is 15.3 Å². The van der Waals surface area contributed by atoms with Crippen LogP contribution in [0, 0.1) is 20.8 Å². The molecule has 0 saturated heterocycles. The van der Waals surface area contributed by atoms with Gasteiger partial charge in [0.25, 0.3) is 0 Å². The van der Waals surface area contributed by atoms with Crippen molar-refractivity contribution >= 4 is 24.0 Å². The third-order valence-electron chi connectivity index (χ3n) is 5.66. The second-order valence-corrected chi connectivity index (χ2v) is 10.5. The molecule has 4 aromatic rings. The molecule has 0 spiro atoms. The number of allylic oxidation sites excluding steroid dienone is 1. The molecule has 1 aliphatic rings. The van der Waals surface area contributed by atoms with Crippen LogP contribution in [-0.2, 0) is 24.7 Å². The number of aryl methyl sites for hydroxylation is 3. The Morgan fingerprint density at radius 2 is 0.875 bits per heavy atom. The SMILES string of the molecule is Cc1ccc(C(=O)[O-])cc1.Cc1ccc(C(=O)[O-])cc1.Cc1ccc(C(=O)[O-])cc1.[Zr+3][CH]1C=Cc2ccccc21. The van der Waals surface area contributed by atoms with Crippen LogP contribution in [-0.4, -0.2) is 17.9 Å². The summed E-state index contributed by atoms with van der Waals surface area (Å²) in [6.07, 6.45) is 4.50. The molecule has 0 heterocycles. The van der Waals surface area contributed by atoms with Crippen LogP contribution in [0.2, 0.25) is 0 Å². The standard InChI is InChI=1S/C9H7.3C8H8O2.Zr/c1-2-5-9-7-3-6-8(9)4-1;3*1-6-2-4-7(5-3-6)8(9)10;/h1-7H;3*2-5H,1H3,(H,9,10);/q;;;;+3/p-3. The molecule has 0 N–H and O–H groups in total. The fourth-order valence-electron chi connectivity index (χ4n) is 3.32. The van der Waals surface area contributed by atoms with E-state index < -0.39 is 17.9 Å². The molecule has 5 rings (SSSR count). The summed E-state index contributed by atoms with van der Waals surface area (Å²) in [6, 6.07) is 28.2. The third-order valence-corrected chi connectivity index (χ3v) is 6.90. The van der Waals surface area contributed by atoms with E-state index in [9.17, 15) is 29.7 Å². The minimum absolute atomic E-state index is 0.227. The first kappa shape index (κ1) is 32.1. The molecule has 1 aliphatic carbocycles. The quantitative estimate of drug-likeness (QED) is 0.350. The van der Waals surface area contributed by atoms with Crippen molar-refractivity contribution in [3.05, 3.63) is 148 Å². The molecule has 0 aliphatic heterocycles.